The van der Waals surface area contributed by atoms with Gasteiger partial charge in [-0.1, -0.05) is 0 Å². The van der Waals surface area contributed by atoms with Gasteiger partial charge in [-0.25, -0.2) is 0 Å². The monoisotopic (exact) mass is 449 g/mol. The fourth-order valence-electron chi connectivity index (χ4n) is 2.21. The van der Waals surface area contributed by atoms with Crippen LogP contribution in [0.1, 0.15) is 60.8 Å². The van der Waals surface area contributed by atoms with Gasteiger partial charge in [-0.3, -0.25) is 14.4 Å². The van der Waals surface area contributed by atoms with Crippen molar-refractivity contribution >= 4 is 17.9 Å². The van der Waals surface area contributed by atoms with Crippen molar-refractivity contribution in [1.82, 2.24) is 0 Å². The quantitative estimate of drug-likeness (QED) is 0.280. The lowest BCUT2D eigenvalue weighted by molar-refractivity contribution is -0.157. The summed E-state index contributed by atoms with van der Waals surface area (Å²) < 4.78 is 26.8. The predicted molar refractivity (Wildman–Crippen MR) is 113 cm³/mol. The molecule has 0 heterocycles. The summed E-state index contributed by atoms with van der Waals surface area (Å²) in [6.07, 6.45) is -0.0332. The number of nitrogens with two attached hydrogens (primary N) is 1. The number of esters is 2. The molecule has 10 heteroatoms. The van der Waals surface area contributed by atoms with Crippen LogP contribution in [-0.4, -0.2) is 79.4 Å². The van der Waals surface area contributed by atoms with Gasteiger partial charge in [0.25, 0.3) is 0 Å². The minimum Gasteiger partial charge on any atom is -0.481 e. The summed E-state index contributed by atoms with van der Waals surface area (Å²) >= 11 is 0. The van der Waals surface area contributed by atoms with Crippen molar-refractivity contribution in [2.75, 3.05) is 39.6 Å². The molecular formula is C21H39NO9. The van der Waals surface area contributed by atoms with Crippen LogP contribution >= 0.6 is 0 Å². The molecule has 0 fully saturated rings. The van der Waals surface area contributed by atoms with Crippen LogP contribution in [0.3, 0.4) is 0 Å². The highest BCUT2D eigenvalue weighted by molar-refractivity contribution is 5.70. The second kappa shape index (κ2) is 13.6. The molecule has 0 rings (SSSR count). The molecule has 0 aromatic carbocycles. The second-order valence-electron chi connectivity index (χ2n) is 9.34. The summed E-state index contributed by atoms with van der Waals surface area (Å²) in [5, 5.41) is 8.71. The Morgan fingerprint density at radius 3 is 1.29 bits per heavy atom. The molecule has 0 unspecified atom stereocenters. The fraction of sp³-hybridized carbons (Fsp3) is 0.857. The van der Waals surface area contributed by atoms with Crippen LogP contribution in [0.15, 0.2) is 0 Å². The molecule has 0 aliphatic rings. The Balaban J connectivity index is 4.49. The fourth-order valence-corrected chi connectivity index (χ4v) is 2.21. The molecule has 0 amide bonds. The highest BCUT2D eigenvalue weighted by Gasteiger charge is 2.27. The van der Waals surface area contributed by atoms with Crippen LogP contribution in [0.4, 0.5) is 0 Å². The van der Waals surface area contributed by atoms with Gasteiger partial charge in [0.05, 0.1) is 64.4 Å². The van der Waals surface area contributed by atoms with E-state index in [4.69, 9.17) is 34.5 Å². The zero-order valence-corrected chi connectivity index (χ0v) is 19.7. The van der Waals surface area contributed by atoms with Gasteiger partial charge in [-0.2, -0.15) is 0 Å². The van der Waals surface area contributed by atoms with Crippen molar-refractivity contribution in [3.05, 3.63) is 0 Å². The first-order valence-corrected chi connectivity index (χ1v) is 10.3. The first kappa shape index (κ1) is 29.2. The van der Waals surface area contributed by atoms with Crippen molar-refractivity contribution in [2.24, 2.45) is 5.73 Å². The smallest absolute Gasteiger partial charge is 0.308 e. The van der Waals surface area contributed by atoms with Gasteiger partial charge in [-0.15, -0.1) is 0 Å². The minimum absolute atomic E-state index is 0.00923. The maximum Gasteiger partial charge on any atom is 0.308 e. The molecule has 0 aromatic heterocycles. The molecule has 31 heavy (non-hydrogen) atoms. The van der Waals surface area contributed by atoms with Crippen molar-refractivity contribution in [3.63, 3.8) is 0 Å². The van der Waals surface area contributed by atoms with E-state index in [0.717, 1.165) is 0 Å². The first-order valence-electron chi connectivity index (χ1n) is 10.3. The molecule has 0 saturated carbocycles. The Morgan fingerprint density at radius 2 is 1.00 bits per heavy atom. The molecule has 0 bridgehead atoms. The Kier molecular flexibility index (Phi) is 12.8. The second-order valence-corrected chi connectivity index (χ2v) is 9.34. The van der Waals surface area contributed by atoms with E-state index in [-0.39, 0.29) is 70.8 Å². The number of ether oxygens (including phenoxy) is 5. The highest BCUT2D eigenvalue weighted by atomic mass is 16.6. The summed E-state index contributed by atoms with van der Waals surface area (Å²) in [6.45, 7) is 10.9. The largest absolute Gasteiger partial charge is 0.481 e. The molecule has 0 radical (unpaired) electrons. The van der Waals surface area contributed by atoms with Crippen LogP contribution in [0.25, 0.3) is 0 Å². The Labute approximate surface area is 184 Å². The SMILES string of the molecule is CC(C)(C)OC(=O)CCOCC(N)(COCCC(=O)O)COCCC(=O)OC(C)(C)C. The maximum atomic E-state index is 11.7. The van der Waals surface area contributed by atoms with Gasteiger partial charge < -0.3 is 34.5 Å². The maximum absolute atomic E-state index is 11.7. The summed E-state index contributed by atoms with van der Waals surface area (Å²) in [7, 11) is 0. The third kappa shape index (κ3) is 18.7. The molecule has 3 N–H and O–H groups in total. The van der Waals surface area contributed by atoms with Gasteiger partial charge in [0.15, 0.2) is 0 Å². The van der Waals surface area contributed by atoms with E-state index in [9.17, 15) is 14.4 Å². The lowest BCUT2D eigenvalue weighted by atomic mass is 10.1. The van der Waals surface area contributed by atoms with Crippen molar-refractivity contribution in [3.8, 4) is 0 Å². The van der Waals surface area contributed by atoms with Gasteiger partial charge in [0.2, 0.25) is 0 Å². The van der Waals surface area contributed by atoms with Gasteiger partial charge in [0, 0.05) is 0 Å². The van der Waals surface area contributed by atoms with E-state index in [1.165, 1.54) is 0 Å². The first-order chi connectivity index (χ1) is 14.1. The highest BCUT2D eigenvalue weighted by Crippen LogP contribution is 2.11. The van der Waals surface area contributed by atoms with E-state index in [1.54, 1.807) is 41.5 Å². The van der Waals surface area contributed by atoms with Crippen molar-refractivity contribution < 1.29 is 43.2 Å². The number of carboxylic acids is 1. The Hall–Kier alpha value is -1.75. The minimum atomic E-state index is -1.08. The third-order valence-corrected chi connectivity index (χ3v) is 3.37. The topological polar surface area (TPSA) is 144 Å². The number of carboxylic acid groups (broad SMARTS) is 1. The number of rotatable bonds is 15. The van der Waals surface area contributed by atoms with E-state index in [0.29, 0.717) is 0 Å². The predicted octanol–water partition coefficient (Wildman–Crippen LogP) is 1.67. The third-order valence-electron chi connectivity index (χ3n) is 3.37. The van der Waals surface area contributed by atoms with Crippen LogP contribution in [-0.2, 0) is 38.1 Å². The molecule has 182 valence electrons. The molecule has 0 atom stereocenters. The van der Waals surface area contributed by atoms with Crippen molar-refractivity contribution in [1.29, 1.82) is 0 Å². The number of aliphatic carboxylic acids is 1. The molecule has 0 saturated heterocycles. The van der Waals surface area contributed by atoms with Crippen LogP contribution < -0.4 is 5.73 Å². The molecule has 0 aliphatic carbocycles. The molecule has 0 aliphatic heterocycles. The number of carbonyl (C=O) groups is 3. The average Bonchev–Trinajstić information content (AvgIpc) is 2.57. The van der Waals surface area contributed by atoms with Gasteiger partial charge >= 0.3 is 17.9 Å². The normalized spacial score (nSPS) is 12.5. The van der Waals surface area contributed by atoms with Crippen LogP contribution in [0.2, 0.25) is 0 Å². The lowest BCUT2D eigenvalue weighted by Gasteiger charge is -2.29. The van der Waals surface area contributed by atoms with E-state index < -0.39 is 22.7 Å². The molecule has 10 nitrogen and oxygen atoms in total. The van der Waals surface area contributed by atoms with Gasteiger partial charge in [-0.05, 0) is 41.5 Å². The number of hydrogen-bond donors (Lipinski definition) is 2. The number of carbonyl (C=O) groups excluding carboxylic acids is 2. The zero-order valence-electron chi connectivity index (χ0n) is 19.7. The Bertz CT molecular complexity index is 528. The van der Waals surface area contributed by atoms with E-state index in [1.807, 2.05) is 0 Å². The zero-order chi connectivity index (χ0) is 24.1. The van der Waals surface area contributed by atoms with Crippen LogP contribution in [0, 0.1) is 0 Å². The van der Waals surface area contributed by atoms with E-state index >= 15 is 0 Å². The van der Waals surface area contributed by atoms with E-state index in [2.05, 4.69) is 0 Å². The molecule has 0 spiro atoms. The van der Waals surface area contributed by atoms with Crippen LogP contribution in [0.5, 0.6) is 0 Å². The number of hydrogen-bond acceptors (Lipinski definition) is 9. The lowest BCUT2D eigenvalue weighted by Crippen LogP contribution is -2.53. The van der Waals surface area contributed by atoms with Gasteiger partial charge in [0.1, 0.15) is 11.2 Å². The summed E-state index contributed by atoms with van der Waals surface area (Å²) in [5.41, 5.74) is 4.06. The summed E-state index contributed by atoms with van der Waals surface area (Å²) in [5.74, 6) is -1.76. The average molecular weight is 450 g/mol. The summed E-state index contributed by atoms with van der Waals surface area (Å²) in [4.78, 5) is 34.1. The standard InChI is InChI=1S/C21H39NO9/c1-19(2,3)30-17(25)8-11-28-14-21(22,13-27-10-7-16(23)24)15-29-12-9-18(26)31-20(4,5)6/h7-15,22H2,1-6H3,(H,23,24). The van der Waals surface area contributed by atoms with Crippen molar-refractivity contribution in [2.45, 2.75) is 77.5 Å². The molecule has 0 aromatic rings. The Morgan fingerprint density at radius 1 is 0.677 bits per heavy atom. The molecular weight excluding hydrogens is 410 g/mol. The summed E-state index contributed by atoms with van der Waals surface area (Å²) in [6, 6.07) is 0.